The standard InChI is InChI=1S/C11H16N4O3S/c1-14(2)19(17,18)13-9-3-5-10(6-4-9)15-8-7-12-11(15)16/h3-6,13H,7-8H2,1-2H3,(H,12,16). The van der Waals surface area contributed by atoms with Crippen LogP contribution >= 0.6 is 0 Å². The number of amides is 2. The lowest BCUT2D eigenvalue weighted by molar-refractivity contribution is 0.252. The van der Waals surface area contributed by atoms with Crippen LogP contribution in [-0.4, -0.2) is 45.9 Å². The summed E-state index contributed by atoms with van der Waals surface area (Å²) >= 11 is 0. The van der Waals surface area contributed by atoms with Crippen LogP contribution < -0.4 is 14.9 Å². The van der Waals surface area contributed by atoms with Crippen LogP contribution in [0.2, 0.25) is 0 Å². The summed E-state index contributed by atoms with van der Waals surface area (Å²) in [6.45, 7) is 1.23. The SMILES string of the molecule is CN(C)S(=O)(=O)Nc1ccc(N2CCNC2=O)cc1. The molecule has 1 aromatic rings. The van der Waals surface area contributed by atoms with Crippen LogP contribution in [0, 0.1) is 0 Å². The van der Waals surface area contributed by atoms with E-state index in [2.05, 4.69) is 10.0 Å². The van der Waals surface area contributed by atoms with Gasteiger partial charge in [0.05, 0.1) is 0 Å². The van der Waals surface area contributed by atoms with Crippen molar-refractivity contribution >= 4 is 27.6 Å². The van der Waals surface area contributed by atoms with Gasteiger partial charge in [-0.1, -0.05) is 0 Å². The molecule has 1 saturated heterocycles. The van der Waals surface area contributed by atoms with Crippen molar-refractivity contribution in [3.8, 4) is 0 Å². The molecule has 1 aromatic carbocycles. The lowest BCUT2D eigenvalue weighted by Crippen LogP contribution is -2.29. The van der Waals surface area contributed by atoms with E-state index in [1.807, 2.05) is 0 Å². The molecule has 0 saturated carbocycles. The molecule has 1 fully saturated rings. The maximum absolute atomic E-state index is 11.6. The summed E-state index contributed by atoms with van der Waals surface area (Å²) in [5, 5.41) is 2.70. The average molecular weight is 284 g/mol. The van der Waals surface area contributed by atoms with E-state index in [0.29, 0.717) is 18.8 Å². The highest BCUT2D eigenvalue weighted by Crippen LogP contribution is 2.20. The summed E-state index contributed by atoms with van der Waals surface area (Å²) in [5.41, 5.74) is 1.19. The van der Waals surface area contributed by atoms with Gasteiger partial charge >= 0.3 is 16.2 Å². The van der Waals surface area contributed by atoms with Gasteiger partial charge < -0.3 is 5.32 Å². The van der Waals surface area contributed by atoms with E-state index in [0.717, 1.165) is 9.99 Å². The molecule has 1 aliphatic heterocycles. The number of urea groups is 1. The largest absolute Gasteiger partial charge is 0.336 e. The van der Waals surface area contributed by atoms with E-state index < -0.39 is 10.2 Å². The molecule has 1 aliphatic rings. The molecule has 0 aromatic heterocycles. The minimum atomic E-state index is -3.50. The average Bonchev–Trinajstić information content (AvgIpc) is 2.76. The minimum absolute atomic E-state index is 0.137. The molecule has 7 nitrogen and oxygen atoms in total. The third kappa shape index (κ3) is 2.96. The second-order valence-electron chi connectivity index (χ2n) is 4.32. The van der Waals surface area contributed by atoms with Crippen LogP contribution in [0.5, 0.6) is 0 Å². The monoisotopic (exact) mass is 284 g/mol. The van der Waals surface area contributed by atoms with Crippen molar-refractivity contribution in [2.75, 3.05) is 36.8 Å². The van der Waals surface area contributed by atoms with E-state index in [1.165, 1.54) is 14.1 Å². The van der Waals surface area contributed by atoms with Gasteiger partial charge in [-0.25, -0.2) is 4.79 Å². The second-order valence-corrected chi connectivity index (χ2v) is 6.20. The Balaban J connectivity index is 2.13. The van der Waals surface area contributed by atoms with Crippen LogP contribution in [0.25, 0.3) is 0 Å². The van der Waals surface area contributed by atoms with Gasteiger partial charge in [-0.2, -0.15) is 12.7 Å². The zero-order valence-electron chi connectivity index (χ0n) is 10.8. The molecular formula is C11H16N4O3S. The normalized spacial score (nSPS) is 15.7. The van der Waals surface area contributed by atoms with Crippen LogP contribution in [0.4, 0.5) is 16.2 Å². The van der Waals surface area contributed by atoms with E-state index in [-0.39, 0.29) is 6.03 Å². The Kier molecular flexibility index (Phi) is 3.63. The quantitative estimate of drug-likeness (QED) is 0.841. The molecule has 1 heterocycles. The van der Waals surface area contributed by atoms with E-state index >= 15 is 0 Å². The second kappa shape index (κ2) is 5.06. The molecule has 8 heteroatoms. The fourth-order valence-electron chi connectivity index (χ4n) is 1.67. The summed E-state index contributed by atoms with van der Waals surface area (Å²) in [6.07, 6.45) is 0. The van der Waals surface area contributed by atoms with Gasteiger partial charge in [-0.15, -0.1) is 0 Å². The third-order valence-electron chi connectivity index (χ3n) is 2.76. The van der Waals surface area contributed by atoms with Gasteiger partial charge in [0, 0.05) is 38.6 Å². The number of hydrogen-bond acceptors (Lipinski definition) is 3. The van der Waals surface area contributed by atoms with Crippen molar-refractivity contribution in [1.82, 2.24) is 9.62 Å². The number of rotatable bonds is 4. The van der Waals surface area contributed by atoms with E-state index in [1.54, 1.807) is 29.2 Å². The Hall–Kier alpha value is -1.80. The smallest absolute Gasteiger partial charge is 0.321 e. The maximum Gasteiger partial charge on any atom is 0.321 e. The topological polar surface area (TPSA) is 81.8 Å². The Bertz CT molecular complexity index is 568. The lowest BCUT2D eigenvalue weighted by atomic mass is 10.2. The molecule has 19 heavy (non-hydrogen) atoms. The number of nitrogens with zero attached hydrogens (tertiary/aromatic N) is 2. The molecule has 0 bridgehead atoms. The molecule has 0 unspecified atom stereocenters. The summed E-state index contributed by atoms with van der Waals surface area (Å²) in [6, 6.07) is 6.53. The van der Waals surface area contributed by atoms with E-state index in [9.17, 15) is 13.2 Å². The number of nitrogens with one attached hydrogen (secondary N) is 2. The highest BCUT2D eigenvalue weighted by molar-refractivity contribution is 7.90. The fraction of sp³-hybridized carbons (Fsp3) is 0.364. The predicted molar refractivity (Wildman–Crippen MR) is 73.4 cm³/mol. The van der Waals surface area contributed by atoms with Crippen LogP contribution in [0.15, 0.2) is 24.3 Å². The summed E-state index contributed by atoms with van der Waals surface area (Å²) < 4.78 is 26.8. The fourth-order valence-corrected chi connectivity index (χ4v) is 2.28. The first kappa shape index (κ1) is 13.6. The first-order chi connectivity index (χ1) is 8.90. The number of hydrogen-bond donors (Lipinski definition) is 2. The summed E-state index contributed by atoms with van der Waals surface area (Å²) in [5.74, 6) is 0. The van der Waals surface area contributed by atoms with Crippen molar-refractivity contribution in [3.05, 3.63) is 24.3 Å². The highest BCUT2D eigenvalue weighted by Gasteiger charge is 2.21. The first-order valence-electron chi connectivity index (χ1n) is 5.76. The molecule has 0 aliphatic carbocycles. The van der Waals surface area contributed by atoms with Gasteiger partial charge in [-0.05, 0) is 24.3 Å². The molecule has 0 spiro atoms. The van der Waals surface area contributed by atoms with Gasteiger partial charge in [0.2, 0.25) is 0 Å². The number of carbonyl (C=O) groups excluding carboxylic acids is 1. The Morgan fingerprint density at radius 2 is 1.89 bits per heavy atom. The van der Waals surface area contributed by atoms with Gasteiger partial charge in [0.15, 0.2) is 0 Å². The van der Waals surface area contributed by atoms with Crippen molar-refractivity contribution in [2.24, 2.45) is 0 Å². The Labute approximate surface area is 112 Å². The van der Waals surface area contributed by atoms with Crippen LogP contribution in [0.3, 0.4) is 0 Å². The minimum Gasteiger partial charge on any atom is -0.336 e. The molecule has 0 radical (unpaired) electrons. The zero-order valence-corrected chi connectivity index (χ0v) is 11.6. The van der Waals surface area contributed by atoms with Crippen molar-refractivity contribution in [1.29, 1.82) is 0 Å². The first-order valence-corrected chi connectivity index (χ1v) is 7.20. The predicted octanol–water partition coefficient (Wildman–Crippen LogP) is 0.434. The van der Waals surface area contributed by atoms with Gasteiger partial charge in [0.25, 0.3) is 0 Å². The van der Waals surface area contributed by atoms with E-state index in [4.69, 9.17) is 0 Å². The molecule has 0 atom stereocenters. The third-order valence-corrected chi connectivity index (χ3v) is 4.22. The van der Waals surface area contributed by atoms with Gasteiger partial charge in [-0.3, -0.25) is 9.62 Å². The Morgan fingerprint density at radius 3 is 2.37 bits per heavy atom. The van der Waals surface area contributed by atoms with Crippen molar-refractivity contribution in [3.63, 3.8) is 0 Å². The molecular weight excluding hydrogens is 268 g/mol. The van der Waals surface area contributed by atoms with Crippen LogP contribution in [-0.2, 0) is 10.2 Å². The maximum atomic E-state index is 11.6. The lowest BCUT2D eigenvalue weighted by Gasteiger charge is -2.16. The van der Waals surface area contributed by atoms with Crippen molar-refractivity contribution in [2.45, 2.75) is 0 Å². The van der Waals surface area contributed by atoms with Gasteiger partial charge in [0.1, 0.15) is 0 Å². The molecule has 2 rings (SSSR count). The Morgan fingerprint density at radius 1 is 1.26 bits per heavy atom. The summed E-state index contributed by atoms with van der Waals surface area (Å²) in [4.78, 5) is 13.1. The molecule has 104 valence electrons. The zero-order chi connectivity index (χ0) is 14.0. The number of carbonyl (C=O) groups is 1. The number of anilines is 2. The molecule has 2 amide bonds. The highest BCUT2D eigenvalue weighted by atomic mass is 32.2. The molecule has 2 N–H and O–H groups in total. The van der Waals surface area contributed by atoms with Crippen molar-refractivity contribution < 1.29 is 13.2 Å². The van der Waals surface area contributed by atoms with Crippen LogP contribution in [0.1, 0.15) is 0 Å². The number of benzene rings is 1. The summed E-state index contributed by atoms with van der Waals surface area (Å²) in [7, 11) is -0.604.